The van der Waals surface area contributed by atoms with Gasteiger partial charge in [0.2, 0.25) is 0 Å². The number of carboxylic acid groups (broad SMARTS) is 1. The summed E-state index contributed by atoms with van der Waals surface area (Å²) in [6, 6.07) is -1.48. The molecule has 3 atom stereocenters. The molecule has 0 bridgehead atoms. The van der Waals surface area contributed by atoms with Crippen LogP contribution in [0.2, 0.25) is 0 Å². The number of carbonyl (C=O) groups excluding carboxylic acids is 1. The van der Waals surface area contributed by atoms with Gasteiger partial charge in [-0.2, -0.15) is 0 Å². The molecule has 63 heavy (non-hydrogen) atoms. The maximum Gasteiger partial charge on any atom is 0.472 e. The minimum atomic E-state index is -4.63. The van der Waals surface area contributed by atoms with E-state index in [1.165, 1.54) is 116 Å². The molecule has 3 unspecified atom stereocenters. The smallest absolute Gasteiger partial charge is 0.472 e. The molecular weight excluding hydrogens is 814 g/mol. The second-order valence-electron chi connectivity index (χ2n) is 16.9. The SMILES string of the molecule is CC/C=C\C/C=C\C/C=C\C/C=C\C/C=C\CCCCCCOCC(COP(=O)(O)OCC(N)C(=O)O)OC(=O)CCCCCCCCCCCCCCCCCCCCCCC. The van der Waals surface area contributed by atoms with E-state index >= 15 is 0 Å². The molecule has 0 rings (SSSR count). The van der Waals surface area contributed by atoms with Gasteiger partial charge >= 0.3 is 19.8 Å². The largest absolute Gasteiger partial charge is 0.480 e. The molecule has 10 nitrogen and oxygen atoms in total. The minimum Gasteiger partial charge on any atom is -0.480 e. The van der Waals surface area contributed by atoms with Crippen molar-refractivity contribution in [1.82, 2.24) is 0 Å². The molecule has 0 saturated heterocycles. The van der Waals surface area contributed by atoms with Crippen molar-refractivity contribution >= 4 is 19.8 Å². The Kier molecular flexibility index (Phi) is 45.9. The highest BCUT2D eigenvalue weighted by Gasteiger charge is 2.27. The lowest BCUT2D eigenvalue weighted by Crippen LogP contribution is -2.34. The summed E-state index contributed by atoms with van der Waals surface area (Å²) in [5.41, 5.74) is 5.37. The van der Waals surface area contributed by atoms with E-state index in [0.717, 1.165) is 77.0 Å². The van der Waals surface area contributed by atoms with Gasteiger partial charge in [0.1, 0.15) is 12.1 Å². The summed E-state index contributed by atoms with van der Waals surface area (Å²) in [4.78, 5) is 33.7. The van der Waals surface area contributed by atoms with Gasteiger partial charge in [-0.05, 0) is 57.8 Å². The number of unbranched alkanes of at least 4 members (excludes halogenated alkanes) is 24. The first-order chi connectivity index (χ1) is 30.7. The molecule has 0 aliphatic carbocycles. The zero-order chi connectivity index (χ0) is 46.2. The second-order valence-corrected chi connectivity index (χ2v) is 18.4. The van der Waals surface area contributed by atoms with E-state index in [1.54, 1.807) is 0 Å². The van der Waals surface area contributed by atoms with Gasteiger partial charge in [-0.25, -0.2) is 4.57 Å². The van der Waals surface area contributed by atoms with Gasteiger partial charge in [0.25, 0.3) is 0 Å². The molecule has 0 aliphatic heterocycles. The topological polar surface area (TPSA) is 155 Å². The lowest BCUT2D eigenvalue weighted by molar-refractivity contribution is -0.154. The zero-order valence-corrected chi connectivity index (χ0v) is 41.1. The summed E-state index contributed by atoms with van der Waals surface area (Å²) in [5.74, 6) is -1.79. The van der Waals surface area contributed by atoms with E-state index in [0.29, 0.717) is 13.0 Å². The normalized spacial score (nSPS) is 14.2. The van der Waals surface area contributed by atoms with Crippen LogP contribution in [-0.4, -0.2) is 60.5 Å². The quantitative estimate of drug-likeness (QED) is 0.0233. The number of nitrogens with two attached hydrogens (primary N) is 1. The first-order valence-electron chi connectivity index (χ1n) is 25.3. The average molecular weight is 908 g/mol. The van der Waals surface area contributed by atoms with Gasteiger partial charge in [0.15, 0.2) is 0 Å². The van der Waals surface area contributed by atoms with E-state index in [2.05, 4.69) is 74.6 Å². The molecule has 0 amide bonds. The van der Waals surface area contributed by atoms with E-state index in [-0.39, 0.29) is 13.0 Å². The predicted molar refractivity (Wildman–Crippen MR) is 263 cm³/mol. The molecule has 366 valence electrons. The monoisotopic (exact) mass is 908 g/mol. The molecule has 0 fully saturated rings. The van der Waals surface area contributed by atoms with Crippen molar-refractivity contribution in [3.05, 3.63) is 60.8 Å². The molecule has 4 N–H and O–H groups in total. The first-order valence-corrected chi connectivity index (χ1v) is 26.8. The van der Waals surface area contributed by atoms with Crippen molar-refractivity contribution in [2.24, 2.45) is 5.73 Å². The number of allylic oxidation sites excluding steroid dienone is 10. The fourth-order valence-corrected chi connectivity index (χ4v) is 7.70. The number of ether oxygens (including phenoxy) is 2. The number of aliphatic carboxylic acids is 1. The van der Waals surface area contributed by atoms with Crippen molar-refractivity contribution in [2.45, 2.75) is 231 Å². The van der Waals surface area contributed by atoms with Crippen molar-refractivity contribution in [3.8, 4) is 0 Å². The van der Waals surface area contributed by atoms with Crippen LogP contribution < -0.4 is 5.73 Å². The Hall–Kier alpha value is -2.33. The van der Waals surface area contributed by atoms with E-state index in [4.69, 9.17) is 29.4 Å². The molecule has 0 spiro atoms. The standard InChI is InChI=1S/C52H94NO9P/c1-3-5-7-9-11-13-15-17-19-21-23-25-26-28-30-32-34-36-38-40-42-44-51(54)62-49(47-60-63(57,58)61-48-50(53)52(55)56)46-59-45-43-41-39-37-35-33-31-29-27-24-22-20-18-16-14-12-10-8-6-4-2/h6,8,12,14,18,20,24,27,31,33,49-50H,3-5,7,9-11,13,15-17,19,21-23,25-26,28-30,32,34-48,53H2,1-2H3,(H,55,56)(H,57,58)/b8-6-,14-12-,20-18-,27-24-,33-31-. The molecule has 11 heteroatoms. The van der Waals surface area contributed by atoms with Gasteiger partial charge in [-0.15, -0.1) is 0 Å². The number of esters is 1. The van der Waals surface area contributed by atoms with Gasteiger partial charge < -0.3 is 25.2 Å². The van der Waals surface area contributed by atoms with Gasteiger partial charge in [0, 0.05) is 13.0 Å². The Morgan fingerprint density at radius 2 is 0.921 bits per heavy atom. The van der Waals surface area contributed by atoms with E-state index in [9.17, 15) is 19.0 Å². The van der Waals surface area contributed by atoms with E-state index < -0.39 is 45.1 Å². The molecule has 0 saturated carbocycles. The third-order valence-electron chi connectivity index (χ3n) is 10.8. The Balaban J connectivity index is 4.19. The molecule has 0 radical (unpaired) electrons. The van der Waals surface area contributed by atoms with Gasteiger partial charge in [-0.3, -0.25) is 18.6 Å². The molecule has 0 aliphatic rings. The molecular formula is C52H94NO9P. The maximum absolute atomic E-state index is 12.7. The highest BCUT2D eigenvalue weighted by molar-refractivity contribution is 7.47. The number of hydrogen-bond acceptors (Lipinski definition) is 8. The van der Waals surface area contributed by atoms with Crippen LogP contribution >= 0.6 is 7.82 Å². The Bertz CT molecular complexity index is 1230. The van der Waals surface area contributed by atoms with Crippen LogP contribution in [0, 0.1) is 0 Å². The lowest BCUT2D eigenvalue weighted by Gasteiger charge is -2.20. The zero-order valence-electron chi connectivity index (χ0n) is 40.2. The Morgan fingerprint density at radius 1 is 0.524 bits per heavy atom. The summed E-state index contributed by atoms with van der Waals surface area (Å²) >= 11 is 0. The lowest BCUT2D eigenvalue weighted by atomic mass is 10.0. The highest BCUT2D eigenvalue weighted by atomic mass is 31.2. The fraction of sp³-hybridized carbons (Fsp3) is 0.769. The molecule has 0 aromatic rings. The average Bonchev–Trinajstić information content (AvgIpc) is 3.26. The summed E-state index contributed by atoms with van der Waals surface area (Å²) in [7, 11) is -4.63. The molecule has 0 heterocycles. The number of rotatable bonds is 48. The third-order valence-corrected chi connectivity index (χ3v) is 11.8. The summed E-state index contributed by atoms with van der Waals surface area (Å²) in [6.45, 7) is 3.74. The van der Waals surface area contributed by atoms with Crippen LogP contribution in [0.3, 0.4) is 0 Å². The molecule has 0 aromatic carbocycles. The van der Waals surface area contributed by atoms with Crippen molar-refractivity contribution in [3.63, 3.8) is 0 Å². The Labute approximate surface area is 385 Å². The van der Waals surface area contributed by atoms with Crippen LogP contribution in [0.1, 0.15) is 219 Å². The van der Waals surface area contributed by atoms with Crippen LogP contribution in [-0.2, 0) is 32.7 Å². The fourth-order valence-electron chi connectivity index (χ4n) is 6.93. The van der Waals surface area contributed by atoms with Crippen LogP contribution in [0.15, 0.2) is 60.8 Å². The highest BCUT2D eigenvalue weighted by Crippen LogP contribution is 2.43. The van der Waals surface area contributed by atoms with Gasteiger partial charge in [-0.1, -0.05) is 216 Å². The summed E-state index contributed by atoms with van der Waals surface area (Å²) < 4.78 is 33.5. The van der Waals surface area contributed by atoms with Gasteiger partial charge in [0.05, 0.1) is 19.8 Å². The van der Waals surface area contributed by atoms with Crippen LogP contribution in [0.5, 0.6) is 0 Å². The second kappa shape index (κ2) is 47.6. The number of phosphoric acid groups is 1. The van der Waals surface area contributed by atoms with Crippen molar-refractivity contribution in [1.29, 1.82) is 0 Å². The number of carbonyl (C=O) groups is 2. The molecule has 0 aromatic heterocycles. The third kappa shape index (κ3) is 47.5. The van der Waals surface area contributed by atoms with Crippen molar-refractivity contribution < 1.29 is 42.7 Å². The maximum atomic E-state index is 12.7. The number of hydrogen-bond donors (Lipinski definition) is 3. The first kappa shape index (κ1) is 60.7. The summed E-state index contributed by atoms with van der Waals surface area (Å²) in [6.07, 6.45) is 58.5. The van der Waals surface area contributed by atoms with E-state index in [1.807, 2.05) is 0 Å². The minimum absolute atomic E-state index is 0.000273. The summed E-state index contributed by atoms with van der Waals surface area (Å²) in [5, 5.41) is 8.93. The number of carboxylic acids is 1. The van der Waals surface area contributed by atoms with Crippen LogP contribution in [0.25, 0.3) is 0 Å². The predicted octanol–water partition coefficient (Wildman–Crippen LogP) is 14.8. The van der Waals surface area contributed by atoms with Crippen LogP contribution in [0.4, 0.5) is 0 Å². The van der Waals surface area contributed by atoms with Crippen molar-refractivity contribution in [2.75, 3.05) is 26.4 Å². The Morgan fingerprint density at radius 3 is 1.38 bits per heavy atom. The number of phosphoric ester groups is 1.